The summed E-state index contributed by atoms with van der Waals surface area (Å²) in [7, 11) is -3.98. The van der Waals surface area contributed by atoms with Crippen molar-refractivity contribution in [2.75, 3.05) is 5.73 Å². The second-order valence-corrected chi connectivity index (χ2v) is 6.29. The number of para-hydroxylation sites is 1. The van der Waals surface area contributed by atoms with Gasteiger partial charge >= 0.3 is 5.97 Å². The highest BCUT2D eigenvalue weighted by molar-refractivity contribution is 7.91. The third kappa shape index (κ3) is 2.48. The van der Waals surface area contributed by atoms with Gasteiger partial charge in [-0.3, -0.25) is 0 Å². The van der Waals surface area contributed by atoms with Gasteiger partial charge in [0.2, 0.25) is 9.84 Å². The summed E-state index contributed by atoms with van der Waals surface area (Å²) in [5, 5.41) is 8.87. The molecule has 0 heterocycles. The van der Waals surface area contributed by atoms with Crippen molar-refractivity contribution >= 4 is 33.1 Å². The smallest absolute Gasteiger partial charge is 0.335 e. The minimum absolute atomic E-state index is 0.0572. The molecule has 0 fully saturated rings. The number of nitrogen functional groups attached to an aromatic ring is 1. The van der Waals surface area contributed by atoms with Crippen molar-refractivity contribution in [3.05, 3.63) is 53.1 Å². The lowest BCUT2D eigenvalue weighted by atomic mass is 10.2. The molecule has 2 aromatic rings. The lowest BCUT2D eigenvalue weighted by molar-refractivity contribution is 0.0696. The van der Waals surface area contributed by atoms with E-state index in [-0.39, 0.29) is 26.1 Å². The minimum atomic E-state index is -3.98. The standard InChI is InChI=1S/C13H10ClNO4S/c14-9-6-5-8(13(16)17)7-12(9)20(18,19)11-4-2-1-3-10(11)15/h1-7H,15H2,(H,16,17). The molecule has 0 unspecified atom stereocenters. The van der Waals surface area contributed by atoms with E-state index in [1.165, 1.54) is 30.3 Å². The molecule has 0 amide bonds. The maximum atomic E-state index is 12.5. The van der Waals surface area contributed by atoms with Crippen molar-refractivity contribution in [2.45, 2.75) is 9.79 Å². The van der Waals surface area contributed by atoms with Crippen LogP contribution in [0.5, 0.6) is 0 Å². The molecule has 7 heteroatoms. The second-order valence-electron chi connectivity index (χ2n) is 3.99. The predicted molar refractivity (Wildman–Crippen MR) is 74.7 cm³/mol. The third-order valence-electron chi connectivity index (χ3n) is 2.68. The van der Waals surface area contributed by atoms with E-state index in [1.807, 2.05) is 0 Å². The molecular formula is C13H10ClNO4S. The van der Waals surface area contributed by atoms with Crippen LogP contribution in [-0.4, -0.2) is 19.5 Å². The van der Waals surface area contributed by atoms with Gasteiger partial charge in [0.15, 0.2) is 0 Å². The van der Waals surface area contributed by atoms with Gasteiger partial charge in [0.25, 0.3) is 0 Å². The molecule has 20 heavy (non-hydrogen) atoms. The molecule has 0 aromatic heterocycles. The monoisotopic (exact) mass is 311 g/mol. The normalized spacial score (nSPS) is 11.2. The van der Waals surface area contributed by atoms with Crippen molar-refractivity contribution < 1.29 is 18.3 Å². The molecule has 0 radical (unpaired) electrons. The molecule has 0 saturated carbocycles. The van der Waals surface area contributed by atoms with Crippen LogP contribution >= 0.6 is 11.6 Å². The minimum Gasteiger partial charge on any atom is -0.478 e. The van der Waals surface area contributed by atoms with Gasteiger partial charge < -0.3 is 10.8 Å². The molecule has 0 spiro atoms. The summed E-state index contributed by atoms with van der Waals surface area (Å²) in [4.78, 5) is 10.5. The molecule has 104 valence electrons. The molecule has 0 aliphatic carbocycles. The van der Waals surface area contributed by atoms with E-state index in [0.29, 0.717) is 0 Å². The summed E-state index contributed by atoms with van der Waals surface area (Å²) in [6, 6.07) is 9.40. The topological polar surface area (TPSA) is 97.5 Å². The van der Waals surface area contributed by atoms with Crippen LogP contribution in [-0.2, 0) is 9.84 Å². The zero-order valence-electron chi connectivity index (χ0n) is 10.1. The molecule has 2 rings (SSSR count). The molecular weight excluding hydrogens is 302 g/mol. The van der Waals surface area contributed by atoms with E-state index in [2.05, 4.69) is 0 Å². The highest BCUT2D eigenvalue weighted by Gasteiger charge is 2.24. The maximum Gasteiger partial charge on any atom is 0.335 e. The van der Waals surface area contributed by atoms with Gasteiger partial charge in [0, 0.05) is 0 Å². The summed E-state index contributed by atoms with van der Waals surface area (Å²) in [6.45, 7) is 0. The molecule has 0 aliphatic rings. The number of hydrogen-bond donors (Lipinski definition) is 2. The first-order chi connectivity index (χ1) is 9.34. The molecule has 5 nitrogen and oxygen atoms in total. The van der Waals surface area contributed by atoms with Gasteiger partial charge in [0.1, 0.15) is 0 Å². The molecule has 0 saturated heterocycles. The van der Waals surface area contributed by atoms with Gasteiger partial charge in [-0.15, -0.1) is 0 Å². The lowest BCUT2D eigenvalue weighted by Crippen LogP contribution is -2.08. The highest BCUT2D eigenvalue weighted by Crippen LogP contribution is 2.31. The van der Waals surface area contributed by atoms with E-state index in [0.717, 1.165) is 6.07 Å². The van der Waals surface area contributed by atoms with Crippen LogP contribution in [0.2, 0.25) is 5.02 Å². The average Bonchev–Trinajstić information content (AvgIpc) is 2.39. The summed E-state index contributed by atoms with van der Waals surface area (Å²) >= 11 is 5.87. The molecule has 0 aliphatic heterocycles. The van der Waals surface area contributed by atoms with Crippen molar-refractivity contribution in [2.24, 2.45) is 0 Å². The van der Waals surface area contributed by atoms with E-state index >= 15 is 0 Å². The first kappa shape index (κ1) is 14.4. The second kappa shape index (κ2) is 5.15. The number of sulfone groups is 1. The third-order valence-corrected chi connectivity index (χ3v) is 4.99. The highest BCUT2D eigenvalue weighted by atomic mass is 35.5. The number of benzene rings is 2. The first-order valence-corrected chi connectivity index (χ1v) is 7.32. The Morgan fingerprint density at radius 1 is 1.10 bits per heavy atom. The van der Waals surface area contributed by atoms with Crippen molar-refractivity contribution in [1.82, 2.24) is 0 Å². The van der Waals surface area contributed by atoms with E-state index in [4.69, 9.17) is 22.4 Å². The lowest BCUT2D eigenvalue weighted by Gasteiger charge is -2.09. The Bertz CT molecular complexity index is 787. The fourth-order valence-corrected chi connectivity index (χ4v) is 3.59. The fraction of sp³-hybridized carbons (Fsp3) is 0. The Hall–Kier alpha value is -2.05. The number of nitrogens with two attached hydrogens (primary N) is 1. The van der Waals surface area contributed by atoms with Gasteiger partial charge in [-0.2, -0.15) is 0 Å². The zero-order chi connectivity index (χ0) is 14.9. The Labute approximate surface area is 120 Å². The SMILES string of the molecule is Nc1ccccc1S(=O)(=O)c1cc(C(=O)O)ccc1Cl. The van der Waals surface area contributed by atoms with Gasteiger partial charge in [-0.1, -0.05) is 23.7 Å². The molecule has 0 bridgehead atoms. The zero-order valence-corrected chi connectivity index (χ0v) is 11.6. The number of anilines is 1. The van der Waals surface area contributed by atoms with Crippen molar-refractivity contribution in [3.8, 4) is 0 Å². The molecule has 3 N–H and O–H groups in total. The number of rotatable bonds is 3. The van der Waals surface area contributed by atoms with Gasteiger partial charge in [-0.25, -0.2) is 13.2 Å². The largest absolute Gasteiger partial charge is 0.478 e. The van der Waals surface area contributed by atoms with Gasteiger partial charge in [0.05, 0.1) is 26.1 Å². The van der Waals surface area contributed by atoms with Crippen LogP contribution in [0.15, 0.2) is 52.3 Å². The summed E-state index contributed by atoms with van der Waals surface area (Å²) in [5.41, 5.74) is 5.56. The van der Waals surface area contributed by atoms with Crippen LogP contribution in [0.1, 0.15) is 10.4 Å². The Kier molecular flexibility index (Phi) is 3.69. The van der Waals surface area contributed by atoms with Gasteiger partial charge in [-0.05, 0) is 30.3 Å². The number of hydrogen-bond acceptors (Lipinski definition) is 4. The average molecular weight is 312 g/mol. The predicted octanol–water partition coefficient (Wildman–Crippen LogP) is 2.45. The number of aromatic carboxylic acids is 1. The quantitative estimate of drug-likeness (QED) is 0.848. The maximum absolute atomic E-state index is 12.5. The fourth-order valence-electron chi connectivity index (χ4n) is 1.69. The Morgan fingerprint density at radius 2 is 1.75 bits per heavy atom. The van der Waals surface area contributed by atoms with Crippen LogP contribution in [0.4, 0.5) is 5.69 Å². The van der Waals surface area contributed by atoms with Crippen LogP contribution in [0.3, 0.4) is 0 Å². The summed E-state index contributed by atoms with van der Waals surface area (Å²) < 4.78 is 25.0. The van der Waals surface area contributed by atoms with E-state index < -0.39 is 15.8 Å². The van der Waals surface area contributed by atoms with Crippen molar-refractivity contribution in [3.63, 3.8) is 0 Å². The van der Waals surface area contributed by atoms with E-state index in [1.54, 1.807) is 6.07 Å². The number of carboxylic acids is 1. The summed E-state index contributed by atoms with van der Waals surface area (Å²) in [5.74, 6) is -1.24. The molecule has 2 aromatic carbocycles. The van der Waals surface area contributed by atoms with Crippen LogP contribution in [0.25, 0.3) is 0 Å². The van der Waals surface area contributed by atoms with Crippen molar-refractivity contribution in [1.29, 1.82) is 0 Å². The number of halogens is 1. The van der Waals surface area contributed by atoms with Crippen LogP contribution < -0.4 is 5.73 Å². The number of carboxylic acid groups (broad SMARTS) is 1. The first-order valence-electron chi connectivity index (χ1n) is 5.46. The number of carbonyl (C=O) groups is 1. The molecule has 0 atom stereocenters. The Balaban J connectivity index is 2.70. The van der Waals surface area contributed by atoms with E-state index in [9.17, 15) is 13.2 Å². The summed E-state index contributed by atoms with van der Waals surface area (Å²) in [6.07, 6.45) is 0. The Morgan fingerprint density at radius 3 is 2.35 bits per heavy atom. The van der Waals surface area contributed by atoms with Crippen LogP contribution in [0, 0.1) is 0 Å².